The minimum absolute atomic E-state index is 0.126. The molecular weight excluding hydrogens is 407 g/mol. The van der Waals surface area contributed by atoms with E-state index in [0.29, 0.717) is 28.8 Å². The predicted octanol–water partition coefficient (Wildman–Crippen LogP) is 3.75. The minimum atomic E-state index is -0.176. The minimum Gasteiger partial charge on any atom is -0.314 e. The SMILES string of the molecule is O=C1CCC(CCN2CCNCC2)(c2ccc(Cl)c(Cl)c2)CN1c1ccccn1. The van der Waals surface area contributed by atoms with Crippen LogP contribution in [0, 0.1) is 0 Å². The largest absolute Gasteiger partial charge is 0.314 e. The molecule has 2 aliphatic heterocycles. The number of pyridine rings is 1. The van der Waals surface area contributed by atoms with E-state index in [1.54, 1.807) is 6.20 Å². The van der Waals surface area contributed by atoms with Crippen LogP contribution in [0.2, 0.25) is 10.0 Å². The van der Waals surface area contributed by atoms with Gasteiger partial charge in [-0.05, 0) is 49.2 Å². The van der Waals surface area contributed by atoms with Crippen molar-refractivity contribution in [1.82, 2.24) is 15.2 Å². The molecule has 1 N–H and O–H groups in total. The van der Waals surface area contributed by atoms with Crippen molar-refractivity contribution >= 4 is 34.9 Å². The summed E-state index contributed by atoms with van der Waals surface area (Å²) >= 11 is 12.6. The lowest BCUT2D eigenvalue weighted by atomic mass is 9.71. The highest BCUT2D eigenvalue weighted by Gasteiger charge is 2.41. The van der Waals surface area contributed by atoms with E-state index in [2.05, 4.69) is 21.3 Å². The lowest BCUT2D eigenvalue weighted by molar-refractivity contribution is -0.120. The van der Waals surface area contributed by atoms with E-state index >= 15 is 0 Å². The first-order valence-corrected chi connectivity index (χ1v) is 10.9. The lowest BCUT2D eigenvalue weighted by Gasteiger charge is -2.44. The number of anilines is 1. The molecule has 0 aliphatic carbocycles. The van der Waals surface area contributed by atoms with Crippen molar-refractivity contribution in [2.45, 2.75) is 24.7 Å². The van der Waals surface area contributed by atoms with Gasteiger partial charge in [-0.25, -0.2) is 4.98 Å². The van der Waals surface area contributed by atoms with Crippen LogP contribution < -0.4 is 10.2 Å². The number of piperidine rings is 1. The molecule has 0 saturated carbocycles. The van der Waals surface area contributed by atoms with Crippen LogP contribution in [-0.2, 0) is 10.2 Å². The van der Waals surface area contributed by atoms with Gasteiger partial charge in [0.25, 0.3) is 0 Å². The molecule has 154 valence electrons. The predicted molar refractivity (Wildman–Crippen MR) is 118 cm³/mol. The number of aromatic nitrogens is 1. The number of hydrogen-bond donors (Lipinski definition) is 1. The van der Waals surface area contributed by atoms with E-state index in [4.69, 9.17) is 23.2 Å². The van der Waals surface area contributed by atoms with Gasteiger partial charge in [0.2, 0.25) is 5.91 Å². The second kappa shape index (κ2) is 9.00. The Bertz CT molecular complexity index is 857. The number of piperazine rings is 1. The van der Waals surface area contributed by atoms with Crippen LogP contribution >= 0.6 is 23.2 Å². The van der Waals surface area contributed by atoms with Gasteiger partial charge in [0, 0.05) is 50.8 Å². The molecule has 0 bridgehead atoms. The van der Waals surface area contributed by atoms with Crippen molar-refractivity contribution in [3.8, 4) is 0 Å². The maximum Gasteiger partial charge on any atom is 0.228 e. The van der Waals surface area contributed by atoms with E-state index < -0.39 is 0 Å². The number of carbonyl (C=O) groups excluding carboxylic acids is 1. The Kier molecular flexibility index (Phi) is 6.40. The standard InChI is InChI=1S/C22H26Cl2N4O/c23-18-5-4-17(15-19(18)24)22(8-12-27-13-10-25-11-14-27)7-6-21(29)28(16-22)20-3-1-2-9-26-20/h1-5,9,15,25H,6-8,10-14,16H2. The summed E-state index contributed by atoms with van der Waals surface area (Å²) in [5.41, 5.74) is 0.973. The van der Waals surface area contributed by atoms with Gasteiger partial charge < -0.3 is 10.2 Å². The number of nitrogens with zero attached hydrogens (tertiary/aromatic N) is 3. The molecule has 7 heteroatoms. The first-order chi connectivity index (χ1) is 14.1. The molecule has 2 aliphatic rings. The van der Waals surface area contributed by atoms with Crippen molar-refractivity contribution < 1.29 is 4.79 Å². The molecule has 2 saturated heterocycles. The van der Waals surface area contributed by atoms with Crippen LogP contribution in [0.15, 0.2) is 42.6 Å². The third-order valence-electron chi connectivity index (χ3n) is 6.15. The molecule has 1 unspecified atom stereocenters. The summed E-state index contributed by atoms with van der Waals surface area (Å²) in [6, 6.07) is 11.6. The van der Waals surface area contributed by atoms with E-state index in [1.807, 2.05) is 35.2 Å². The quantitative estimate of drug-likeness (QED) is 0.781. The number of halogens is 2. The Morgan fingerprint density at radius 2 is 1.93 bits per heavy atom. The van der Waals surface area contributed by atoms with Gasteiger partial charge in [-0.3, -0.25) is 9.69 Å². The van der Waals surface area contributed by atoms with Gasteiger partial charge in [0.15, 0.2) is 0 Å². The third-order valence-corrected chi connectivity index (χ3v) is 6.89. The van der Waals surface area contributed by atoms with Gasteiger partial charge in [0.1, 0.15) is 5.82 Å². The topological polar surface area (TPSA) is 48.5 Å². The van der Waals surface area contributed by atoms with Crippen LogP contribution in [0.1, 0.15) is 24.8 Å². The molecule has 1 aromatic heterocycles. The third kappa shape index (κ3) is 4.58. The summed E-state index contributed by atoms with van der Waals surface area (Å²) in [5.74, 6) is 0.838. The highest BCUT2D eigenvalue weighted by atomic mass is 35.5. The van der Waals surface area contributed by atoms with Crippen LogP contribution in [0.4, 0.5) is 5.82 Å². The number of carbonyl (C=O) groups is 1. The van der Waals surface area contributed by atoms with Crippen molar-refractivity contribution in [1.29, 1.82) is 0 Å². The number of hydrogen-bond acceptors (Lipinski definition) is 4. The second-order valence-electron chi connectivity index (χ2n) is 7.92. The molecule has 4 rings (SSSR count). The molecule has 2 fully saturated rings. The smallest absolute Gasteiger partial charge is 0.228 e. The molecule has 1 aromatic carbocycles. The van der Waals surface area contributed by atoms with Crippen LogP contribution in [0.5, 0.6) is 0 Å². The van der Waals surface area contributed by atoms with Gasteiger partial charge in [-0.15, -0.1) is 0 Å². The van der Waals surface area contributed by atoms with E-state index in [-0.39, 0.29) is 11.3 Å². The first-order valence-electron chi connectivity index (χ1n) is 10.2. The van der Waals surface area contributed by atoms with Crippen LogP contribution in [-0.4, -0.2) is 55.1 Å². The molecule has 0 spiro atoms. The highest BCUT2D eigenvalue weighted by Crippen LogP contribution is 2.41. The van der Waals surface area contributed by atoms with Gasteiger partial charge in [-0.1, -0.05) is 35.3 Å². The summed E-state index contributed by atoms with van der Waals surface area (Å²) in [4.78, 5) is 21.5. The maximum atomic E-state index is 12.8. The molecule has 29 heavy (non-hydrogen) atoms. The van der Waals surface area contributed by atoms with Crippen molar-refractivity contribution in [2.75, 3.05) is 44.2 Å². The fraction of sp³-hybridized carbons (Fsp3) is 0.455. The van der Waals surface area contributed by atoms with Crippen molar-refractivity contribution in [2.24, 2.45) is 0 Å². The van der Waals surface area contributed by atoms with E-state index in [0.717, 1.165) is 51.1 Å². The zero-order valence-corrected chi connectivity index (χ0v) is 17.9. The fourth-order valence-corrected chi connectivity index (χ4v) is 4.69. The average Bonchev–Trinajstić information content (AvgIpc) is 2.77. The number of amides is 1. The van der Waals surface area contributed by atoms with Gasteiger partial charge in [-0.2, -0.15) is 0 Å². The van der Waals surface area contributed by atoms with E-state index in [9.17, 15) is 4.79 Å². The Hall–Kier alpha value is -1.66. The Morgan fingerprint density at radius 1 is 1.10 bits per heavy atom. The Labute approximate surface area is 182 Å². The number of rotatable bonds is 5. The maximum absolute atomic E-state index is 12.8. The van der Waals surface area contributed by atoms with Crippen LogP contribution in [0.3, 0.4) is 0 Å². The summed E-state index contributed by atoms with van der Waals surface area (Å²) in [7, 11) is 0. The van der Waals surface area contributed by atoms with Crippen molar-refractivity contribution in [3.63, 3.8) is 0 Å². The monoisotopic (exact) mass is 432 g/mol. The molecule has 5 nitrogen and oxygen atoms in total. The van der Waals surface area contributed by atoms with Crippen LogP contribution in [0.25, 0.3) is 0 Å². The Balaban J connectivity index is 1.65. The number of nitrogens with one attached hydrogen (secondary N) is 1. The van der Waals surface area contributed by atoms with Crippen molar-refractivity contribution in [3.05, 3.63) is 58.2 Å². The Morgan fingerprint density at radius 3 is 2.66 bits per heavy atom. The number of benzene rings is 1. The average molecular weight is 433 g/mol. The molecule has 0 radical (unpaired) electrons. The zero-order valence-electron chi connectivity index (χ0n) is 16.4. The first kappa shape index (κ1) is 20.6. The molecular formula is C22H26Cl2N4O. The molecule has 3 heterocycles. The lowest BCUT2D eigenvalue weighted by Crippen LogP contribution is -2.52. The zero-order chi connectivity index (χ0) is 20.3. The molecule has 1 amide bonds. The summed E-state index contributed by atoms with van der Waals surface area (Å²) in [6.45, 7) is 5.76. The van der Waals surface area contributed by atoms with Gasteiger partial charge >= 0.3 is 0 Å². The van der Waals surface area contributed by atoms with E-state index in [1.165, 1.54) is 0 Å². The summed E-state index contributed by atoms with van der Waals surface area (Å²) in [5, 5.41) is 4.53. The van der Waals surface area contributed by atoms with Gasteiger partial charge in [0.05, 0.1) is 10.0 Å². The second-order valence-corrected chi connectivity index (χ2v) is 8.73. The summed E-state index contributed by atoms with van der Waals surface area (Å²) < 4.78 is 0. The normalized spacial score (nSPS) is 23.4. The highest BCUT2D eigenvalue weighted by molar-refractivity contribution is 6.42. The molecule has 2 aromatic rings. The summed E-state index contributed by atoms with van der Waals surface area (Å²) in [6.07, 6.45) is 4.00. The fourth-order valence-electron chi connectivity index (χ4n) is 4.39. The molecule has 1 atom stereocenters.